The van der Waals surface area contributed by atoms with E-state index in [9.17, 15) is 34.6 Å². The first-order valence-electron chi connectivity index (χ1n) is 12.8. The first kappa shape index (κ1) is 36.3. The fourth-order valence-electron chi connectivity index (χ4n) is 4.53. The molecule has 2 aliphatic heterocycles. The average molecular weight is 653 g/mol. The lowest BCUT2D eigenvalue weighted by atomic mass is 10.1. The molecule has 240 valence electrons. The highest BCUT2D eigenvalue weighted by Crippen LogP contribution is 2.33. The molecule has 0 N–H and O–H groups in total. The number of nitrogens with zero attached hydrogens (tertiary/aromatic N) is 4. The Morgan fingerprint density at radius 1 is 0.795 bits per heavy atom. The highest BCUT2D eigenvalue weighted by Gasteiger charge is 2.36. The number of hydrogen-bond donors (Lipinski definition) is 0. The number of nitro groups is 2. The minimum atomic E-state index is -0.592. The smallest absolute Gasteiger partial charge is 0.282 e. The van der Waals surface area contributed by atoms with Crippen LogP contribution in [-0.2, 0) is 9.53 Å². The van der Waals surface area contributed by atoms with Crippen molar-refractivity contribution < 1.29 is 38.4 Å². The van der Waals surface area contributed by atoms with Gasteiger partial charge in [-0.2, -0.15) is 0 Å². The molecule has 2 heterocycles. The Morgan fingerprint density at radius 3 is 1.64 bits per heavy atom. The summed E-state index contributed by atoms with van der Waals surface area (Å²) in [5, 5.41) is 22.4. The van der Waals surface area contributed by atoms with Crippen LogP contribution in [0.3, 0.4) is 0 Å². The average Bonchev–Trinajstić information content (AvgIpc) is 3.66. The number of ketones is 1. The van der Waals surface area contributed by atoms with Crippen molar-refractivity contribution in [3.8, 4) is 11.5 Å². The van der Waals surface area contributed by atoms with Crippen molar-refractivity contribution in [2.75, 3.05) is 44.6 Å². The summed E-state index contributed by atoms with van der Waals surface area (Å²) in [5.74, 6) is 1.75. The van der Waals surface area contributed by atoms with Gasteiger partial charge in [-0.15, -0.1) is 23.5 Å². The first-order valence-corrected chi connectivity index (χ1v) is 15.1. The Morgan fingerprint density at radius 2 is 1.23 bits per heavy atom. The maximum absolute atomic E-state index is 12.7. The topological polar surface area (TPSA) is 172 Å². The number of amides is 2. The van der Waals surface area contributed by atoms with E-state index in [1.54, 1.807) is 25.6 Å². The van der Waals surface area contributed by atoms with E-state index in [1.165, 1.54) is 74.1 Å². The zero-order valence-electron chi connectivity index (χ0n) is 24.5. The van der Waals surface area contributed by atoms with E-state index in [0.717, 1.165) is 0 Å². The van der Waals surface area contributed by atoms with Crippen LogP contribution in [0.1, 0.15) is 46.2 Å². The van der Waals surface area contributed by atoms with Gasteiger partial charge in [0.15, 0.2) is 5.78 Å². The second-order valence-corrected chi connectivity index (χ2v) is 11.6. The second-order valence-electron chi connectivity index (χ2n) is 9.56. The highest BCUT2D eigenvalue weighted by molar-refractivity contribution is 7.99. The molecule has 0 aromatic heterocycles. The third kappa shape index (κ3) is 7.78. The number of nitro benzene ring substituents is 2. The molecule has 44 heavy (non-hydrogen) atoms. The lowest BCUT2D eigenvalue weighted by Gasteiger charge is -2.22. The Kier molecular flexibility index (Phi) is 13.0. The molecular formula is C28H36N4O10S2. The van der Waals surface area contributed by atoms with Crippen molar-refractivity contribution >= 4 is 52.5 Å². The van der Waals surface area contributed by atoms with E-state index >= 15 is 0 Å². The molecule has 0 spiro atoms. The van der Waals surface area contributed by atoms with Crippen LogP contribution >= 0.6 is 23.5 Å². The van der Waals surface area contributed by atoms with Gasteiger partial charge in [-0.25, -0.2) is 0 Å². The van der Waals surface area contributed by atoms with Crippen molar-refractivity contribution in [1.82, 2.24) is 9.80 Å². The molecule has 2 aromatic carbocycles. The third-order valence-corrected chi connectivity index (χ3v) is 8.86. The van der Waals surface area contributed by atoms with Crippen LogP contribution in [-0.4, -0.2) is 94.1 Å². The molecule has 4 rings (SSSR count). The molecule has 0 radical (unpaired) electrons. The van der Waals surface area contributed by atoms with Crippen LogP contribution in [0, 0.1) is 34.1 Å². The number of benzene rings is 2. The normalized spacial score (nSPS) is 17.2. The summed E-state index contributed by atoms with van der Waals surface area (Å²) in [6.07, 6.45) is -0.366. The van der Waals surface area contributed by atoms with Gasteiger partial charge < -0.3 is 24.0 Å². The molecule has 2 aromatic rings. The summed E-state index contributed by atoms with van der Waals surface area (Å²) in [4.78, 5) is 61.0. The predicted octanol–water partition coefficient (Wildman–Crippen LogP) is 4.68. The zero-order chi connectivity index (χ0) is 32.0. The Labute approximate surface area is 263 Å². The van der Waals surface area contributed by atoms with Gasteiger partial charge in [0.25, 0.3) is 23.2 Å². The van der Waals surface area contributed by atoms with Crippen LogP contribution in [0.2, 0.25) is 0 Å². The van der Waals surface area contributed by atoms with Gasteiger partial charge in [0, 0.05) is 42.9 Å². The molecule has 1 unspecified atom stereocenters. The standard InChI is InChI=1S/C14H16N2O5S.C13H16N2O5S.CH4/c1-8-4-11(16(19)20)10(5-13(8)21-3)14(18)15-7-22-6-12(15)9(2)17;1-8-4-10(15(17)18)9(5-11(8)19-2)13(16)14-7-21-6-12(14)20-3;/h4-5,12H,6-7H2,1-3H3;4-5,12H,6-7H2,1-3H3;1H4/t12-;;/m0../s1. The minimum absolute atomic E-state index is 0. The predicted molar refractivity (Wildman–Crippen MR) is 168 cm³/mol. The maximum Gasteiger partial charge on any atom is 0.282 e. The van der Waals surface area contributed by atoms with Gasteiger partial charge in [0.1, 0.15) is 34.9 Å². The van der Waals surface area contributed by atoms with E-state index in [2.05, 4.69) is 0 Å². The molecule has 16 heteroatoms. The molecule has 0 bridgehead atoms. The fraction of sp³-hybridized carbons (Fsp3) is 0.464. The van der Waals surface area contributed by atoms with Gasteiger partial charge in [0.05, 0.1) is 35.8 Å². The summed E-state index contributed by atoms with van der Waals surface area (Å²) >= 11 is 3.00. The number of aryl methyl sites for hydroxylation is 2. The number of methoxy groups -OCH3 is 3. The van der Waals surface area contributed by atoms with Gasteiger partial charge in [-0.1, -0.05) is 7.43 Å². The molecule has 2 fully saturated rings. The zero-order valence-corrected chi connectivity index (χ0v) is 26.1. The number of carbonyl (C=O) groups is 3. The molecule has 14 nitrogen and oxygen atoms in total. The molecule has 2 saturated heterocycles. The number of thioether (sulfide) groups is 2. The van der Waals surface area contributed by atoms with E-state index in [4.69, 9.17) is 14.2 Å². The quantitative estimate of drug-likeness (QED) is 0.285. The van der Waals surface area contributed by atoms with Crippen LogP contribution in [0.4, 0.5) is 11.4 Å². The number of carbonyl (C=O) groups excluding carboxylic acids is 3. The summed E-state index contributed by atoms with van der Waals surface area (Å²) in [5.41, 5.74) is 0.658. The van der Waals surface area contributed by atoms with Crippen molar-refractivity contribution in [3.63, 3.8) is 0 Å². The van der Waals surface area contributed by atoms with Gasteiger partial charge in [-0.3, -0.25) is 34.6 Å². The summed E-state index contributed by atoms with van der Waals surface area (Å²) in [6.45, 7) is 4.79. The minimum Gasteiger partial charge on any atom is -0.496 e. The second kappa shape index (κ2) is 15.7. The number of ether oxygens (including phenoxy) is 3. The summed E-state index contributed by atoms with van der Waals surface area (Å²) < 4.78 is 15.5. The van der Waals surface area contributed by atoms with Gasteiger partial charge >= 0.3 is 0 Å². The Bertz CT molecular complexity index is 1440. The monoisotopic (exact) mass is 652 g/mol. The third-order valence-electron chi connectivity index (χ3n) is 6.86. The van der Waals surface area contributed by atoms with Crippen LogP contribution in [0.5, 0.6) is 11.5 Å². The molecule has 2 amide bonds. The molecule has 0 saturated carbocycles. The Hall–Kier alpha value is -3.89. The SMILES string of the molecule is C.COc1cc(C(=O)N2CSCC2OC)c([N+](=O)[O-])cc1C.COc1cc(C(=O)N2CSC[C@H]2C(C)=O)c([N+](=O)[O-])cc1C. The van der Waals surface area contributed by atoms with Crippen LogP contribution in [0.15, 0.2) is 24.3 Å². The number of hydrogen-bond acceptors (Lipinski definition) is 12. The van der Waals surface area contributed by atoms with Gasteiger partial charge in [0.2, 0.25) is 0 Å². The van der Waals surface area contributed by atoms with Crippen molar-refractivity contribution in [2.45, 2.75) is 40.5 Å². The number of Topliss-reactive ketones (excluding diaryl/α,β-unsaturated/α-hetero) is 1. The lowest BCUT2D eigenvalue weighted by molar-refractivity contribution is -0.385. The molecule has 0 aliphatic carbocycles. The molecule has 2 aliphatic rings. The van der Waals surface area contributed by atoms with Crippen LogP contribution < -0.4 is 9.47 Å². The van der Waals surface area contributed by atoms with Gasteiger partial charge in [-0.05, 0) is 31.9 Å². The molecular weight excluding hydrogens is 616 g/mol. The van der Waals surface area contributed by atoms with Crippen molar-refractivity contribution in [3.05, 3.63) is 66.7 Å². The largest absolute Gasteiger partial charge is 0.496 e. The summed E-state index contributed by atoms with van der Waals surface area (Å²) in [7, 11) is 4.42. The van der Waals surface area contributed by atoms with E-state index in [1.807, 2.05) is 0 Å². The first-order chi connectivity index (χ1) is 20.4. The van der Waals surface area contributed by atoms with Crippen molar-refractivity contribution in [2.24, 2.45) is 0 Å². The highest BCUT2D eigenvalue weighted by atomic mass is 32.2. The molecule has 2 atom stereocenters. The van der Waals surface area contributed by atoms with E-state index < -0.39 is 27.7 Å². The lowest BCUT2D eigenvalue weighted by Crippen LogP contribution is -2.41. The fourth-order valence-corrected chi connectivity index (χ4v) is 6.87. The maximum atomic E-state index is 12.7. The Balaban J connectivity index is 0.000000300. The van der Waals surface area contributed by atoms with E-state index in [-0.39, 0.29) is 41.9 Å². The summed E-state index contributed by atoms with van der Waals surface area (Å²) in [6, 6.07) is 4.93. The van der Waals surface area contributed by atoms with Crippen LogP contribution in [0.25, 0.3) is 0 Å². The number of rotatable bonds is 8. The van der Waals surface area contributed by atoms with E-state index in [0.29, 0.717) is 45.9 Å². The van der Waals surface area contributed by atoms with Crippen molar-refractivity contribution in [1.29, 1.82) is 0 Å².